The van der Waals surface area contributed by atoms with E-state index < -0.39 is 39.9 Å². The van der Waals surface area contributed by atoms with Crippen LogP contribution in [0.2, 0.25) is 0 Å². The monoisotopic (exact) mass is 570 g/mol. The minimum atomic E-state index is -4.06. The Balaban J connectivity index is 1.59. The first-order chi connectivity index (χ1) is 19.5. The van der Waals surface area contributed by atoms with E-state index in [-0.39, 0.29) is 16.3 Å². The highest BCUT2D eigenvalue weighted by molar-refractivity contribution is 7.90. The molecule has 10 nitrogen and oxygen atoms in total. The first-order valence-corrected chi connectivity index (χ1v) is 13.9. The summed E-state index contributed by atoms with van der Waals surface area (Å²) in [6.07, 6.45) is -0.428. The number of nitrogens with one attached hydrogen (secondary N) is 3. The summed E-state index contributed by atoms with van der Waals surface area (Å²) < 4.78 is 26.3. The van der Waals surface area contributed by atoms with Crippen molar-refractivity contribution in [1.82, 2.24) is 10.1 Å². The Bertz CT molecular complexity index is 1780. The van der Waals surface area contributed by atoms with Crippen LogP contribution in [0.15, 0.2) is 101 Å². The number of rotatable bonds is 9. The van der Waals surface area contributed by atoms with Gasteiger partial charge in [0.1, 0.15) is 5.71 Å². The van der Waals surface area contributed by atoms with Crippen molar-refractivity contribution in [3.63, 3.8) is 0 Å². The molecule has 0 aliphatic heterocycles. The van der Waals surface area contributed by atoms with Crippen LogP contribution < -0.4 is 15.5 Å². The average Bonchev–Trinajstić information content (AvgIpc) is 2.94. The minimum Gasteiger partial charge on any atom is -0.321 e. The number of aryl methyl sites for hydroxylation is 1. The first-order valence-electron chi connectivity index (χ1n) is 12.4. The Morgan fingerprint density at radius 1 is 0.805 bits per heavy atom. The van der Waals surface area contributed by atoms with E-state index in [4.69, 9.17) is 0 Å². The summed E-state index contributed by atoms with van der Waals surface area (Å²) in [4.78, 5) is 50.2. The highest BCUT2D eigenvalue weighted by atomic mass is 32.2. The van der Waals surface area contributed by atoms with Gasteiger partial charge in [-0.2, -0.15) is 5.10 Å². The molecule has 0 bridgehead atoms. The molecule has 0 radical (unpaired) electrons. The molecule has 41 heavy (non-hydrogen) atoms. The van der Waals surface area contributed by atoms with E-state index in [0.717, 1.165) is 17.9 Å². The number of carbonyl (C=O) groups excluding carboxylic acids is 4. The molecule has 0 atom stereocenters. The van der Waals surface area contributed by atoms with E-state index in [0.29, 0.717) is 16.5 Å². The molecule has 4 rings (SSSR count). The van der Waals surface area contributed by atoms with Gasteiger partial charge >= 0.3 is 0 Å². The van der Waals surface area contributed by atoms with Crippen LogP contribution in [0.4, 0.5) is 5.69 Å². The van der Waals surface area contributed by atoms with Crippen molar-refractivity contribution in [1.29, 1.82) is 0 Å². The number of anilines is 1. The first kappa shape index (κ1) is 28.8. The normalized spacial score (nSPS) is 11.5. The van der Waals surface area contributed by atoms with Gasteiger partial charge in [-0.15, -0.1) is 0 Å². The largest absolute Gasteiger partial charge is 0.321 e. The summed E-state index contributed by atoms with van der Waals surface area (Å²) in [5, 5.41) is 8.12. The molecule has 0 aliphatic rings. The molecule has 11 heteroatoms. The number of ketones is 1. The molecular formula is C30H26N4O6S. The fraction of sp³-hybridized carbons (Fsp3) is 0.100. The number of hydrazone groups is 1. The number of benzene rings is 4. The van der Waals surface area contributed by atoms with Crippen molar-refractivity contribution in [2.24, 2.45) is 5.10 Å². The number of fused-ring (bicyclic) bond motifs is 1. The highest BCUT2D eigenvalue weighted by Crippen LogP contribution is 2.20. The lowest BCUT2D eigenvalue weighted by Crippen LogP contribution is -2.30. The summed E-state index contributed by atoms with van der Waals surface area (Å²) in [5.74, 6) is -2.48. The Labute approximate surface area is 236 Å². The van der Waals surface area contributed by atoms with Crippen LogP contribution in [0.5, 0.6) is 0 Å². The van der Waals surface area contributed by atoms with Gasteiger partial charge in [0.25, 0.3) is 21.8 Å². The lowest BCUT2D eigenvalue weighted by atomic mass is 9.98. The van der Waals surface area contributed by atoms with Crippen LogP contribution in [0.1, 0.15) is 39.6 Å². The molecule has 0 heterocycles. The van der Waals surface area contributed by atoms with E-state index in [9.17, 15) is 27.6 Å². The zero-order valence-corrected chi connectivity index (χ0v) is 23.0. The molecule has 0 fully saturated rings. The van der Waals surface area contributed by atoms with Gasteiger partial charge in [0.05, 0.1) is 11.3 Å². The molecule has 3 amide bonds. The number of nitrogens with zero attached hydrogens (tertiary/aromatic N) is 1. The van der Waals surface area contributed by atoms with E-state index in [2.05, 4.69) is 15.8 Å². The van der Waals surface area contributed by atoms with Crippen LogP contribution in [0, 0.1) is 6.92 Å². The number of hydrogen-bond acceptors (Lipinski definition) is 7. The van der Waals surface area contributed by atoms with Crippen LogP contribution >= 0.6 is 0 Å². The van der Waals surface area contributed by atoms with Gasteiger partial charge in [0.15, 0.2) is 5.78 Å². The molecule has 4 aromatic carbocycles. The van der Waals surface area contributed by atoms with Gasteiger partial charge in [-0.05, 0) is 54.1 Å². The molecule has 0 spiro atoms. The summed E-state index contributed by atoms with van der Waals surface area (Å²) in [6, 6.07) is 24.4. The Kier molecular flexibility index (Phi) is 8.69. The molecule has 0 aromatic heterocycles. The third-order valence-corrected chi connectivity index (χ3v) is 7.44. The third-order valence-electron chi connectivity index (χ3n) is 5.99. The topological polar surface area (TPSA) is 151 Å². The molecule has 4 aromatic rings. The summed E-state index contributed by atoms with van der Waals surface area (Å²) in [6.45, 7) is 2.95. The summed E-state index contributed by atoms with van der Waals surface area (Å²) in [7, 11) is -4.06. The molecule has 0 saturated carbocycles. The summed E-state index contributed by atoms with van der Waals surface area (Å²) >= 11 is 0. The quantitative estimate of drug-likeness (QED) is 0.157. The third kappa shape index (κ3) is 7.28. The Morgan fingerprint density at radius 3 is 2.15 bits per heavy atom. The van der Waals surface area contributed by atoms with Gasteiger partial charge in [-0.1, -0.05) is 60.2 Å². The van der Waals surface area contributed by atoms with Crippen LogP contribution in [0.3, 0.4) is 0 Å². The highest BCUT2D eigenvalue weighted by Gasteiger charge is 2.21. The Morgan fingerprint density at radius 2 is 1.46 bits per heavy atom. The Hall–Kier alpha value is -5.16. The predicted molar refractivity (Wildman–Crippen MR) is 155 cm³/mol. The average molecular weight is 571 g/mol. The van der Waals surface area contributed by atoms with E-state index in [1.54, 1.807) is 48.5 Å². The lowest BCUT2D eigenvalue weighted by molar-refractivity contribution is -0.117. The second-order valence-corrected chi connectivity index (χ2v) is 10.8. The van der Waals surface area contributed by atoms with Crippen molar-refractivity contribution >= 4 is 55.7 Å². The van der Waals surface area contributed by atoms with Crippen molar-refractivity contribution in [3.8, 4) is 0 Å². The zero-order valence-electron chi connectivity index (χ0n) is 22.2. The van der Waals surface area contributed by atoms with E-state index in [1.165, 1.54) is 24.3 Å². The van der Waals surface area contributed by atoms with E-state index in [1.807, 2.05) is 29.8 Å². The maximum atomic E-state index is 13.3. The smallest absolute Gasteiger partial charge is 0.272 e. The molecular weight excluding hydrogens is 544 g/mol. The fourth-order valence-electron chi connectivity index (χ4n) is 3.94. The van der Waals surface area contributed by atoms with Gasteiger partial charge in [-0.3, -0.25) is 19.2 Å². The van der Waals surface area contributed by atoms with Crippen LogP contribution in [0.25, 0.3) is 10.8 Å². The number of hydrogen-bond donors (Lipinski definition) is 3. The van der Waals surface area contributed by atoms with Crippen molar-refractivity contribution in [3.05, 3.63) is 108 Å². The number of Topliss-reactive ketones (excluding diaryl/α,β-unsaturated/α-hetero) is 1. The van der Waals surface area contributed by atoms with E-state index >= 15 is 0 Å². The zero-order chi connectivity index (χ0) is 29.6. The summed E-state index contributed by atoms with van der Waals surface area (Å²) in [5.41, 5.74) is 3.94. The van der Waals surface area contributed by atoms with Crippen LogP contribution in [-0.2, 0) is 19.6 Å². The van der Waals surface area contributed by atoms with Crippen LogP contribution in [-0.4, -0.2) is 37.6 Å². The second kappa shape index (κ2) is 12.3. The van der Waals surface area contributed by atoms with Crippen molar-refractivity contribution in [2.45, 2.75) is 25.2 Å². The van der Waals surface area contributed by atoms with Crippen molar-refractivity contribution in [2.75, 3.05) is 5.32 Å². The number of carbonyl (C=O) groups is 4. The predicted octanol–water partition coefficient (Wildman–Crippen LogP) is 3.97. The number of amides is 3. The molecule has 0 aliphatic carbocycles. The second-order valence-electron chi connectivity index (χ2n) is 9.13. The minimum absolute atomic E-state index is 0.184. The molecule has 3 N–H and O–H groups in total. The fourth-order valence-corrected chi connectivity index (χ4v) is 4.93. The van der Waals surface area contributed by atoms with Gasteiger partial charge in [0, 0.05) is 23.7 Å². The SMILES string of the molecule is CC(=O)NS(=O)(=O)c1ccc(NC(=O)C(CC(=O)c2cccc3ccccc23)=NNC(=O)c2ccc(C)cc2)cc1. The van der Waals surface area contributed by atoms with Gasteiger partial charge in [0.2, 0.25) is 5.91 Å². The maximum absolute atomic E-state index is 13.3. The maximum Gasteiger partial charge on any atom is 0.272 e. The van der Waals surface area contributed by atoms with Crippen molar-refractivity contribution < 1.29 is 27.6 Å². The molecule has 0 unspecified atom stereocenters. The van der Waals surface area contributed by atoms with Gasteiger partial charge in [-0.25, -0.2) is 18.6 Å². The molecule has 0 saturated heterocycles. The standard InChI is InChI=1S/C30H26N4O6S/c1-19-10-12-22(13-11-19)29(37)33-32-27(18-28(36)26-9-5-7-21-6-3-4-8-25(21)26)30(38)31-23-14-16-24(17-15-23)41(39,40)34-20(2)35/h3-17H,18H2,1-2H3,(H,31,38)(H,33,37)(H,34,35). The molecule has 208 valence electrons. The lowest BCUT2D eigenvalue weighted by Gasteiger charge is -2.11. The number of sulfonamides is 1. The van der Waals surface area contributed by atoms with Gasteiger partial charge < -0.3 is 5.32 Å².